The minimum absolute atomic E-state index is 0.368. The topological polar surface area (TPSA) is 55.4 Å². The lowest BCUT2D eigenvalue weighted by Crippen LogP contribution is -2.49. The fourth-order valence-corrected chi connectivity index (χ4v) is 5.88. The van der Waals surface area contributed by atoms with Gasteiger partial charge in [0.25, 0.3) is 0 Å². The van der Waals surface area contributed by atoms with Gasteiger partial charge >= 0.3 is 0 Å². The van der Waals surface area contributed by atoms with Crippen molar-refractivity contribution in [3.63, 3.8) is 0 Å². The molecule has 1 N–H and O–H groups in total. The molecular formula is C11H16BrNO3S2. The molecule has 2 heterocycles. The summed E-state index contributed by atoms with van der Waals surface area (Å²) in [5.74, 6) is 0. The van der Waals surface area contributed by atoms with Crippen molar-refractivity contribution in [1.29, 1.82) is 0 Å². The van der Waals surface area contributed by atoms with Gasteiger partial charge in [0.1, 0.15) is 0 Å². The largest absolute Gasteiger partial charge is 0.381 e. The smallest absolute Gasteiger partial charge is 0.242 e. The standard InChI is InChI=1S/C11H16BrNO3S2/c1-8-9(7-10(12)17-8)18(14,15)13-11(2)3-5-16-6-4-11/h7,13H,3-6H2,1-2H3. The monoisotopic (exact) mass is 353 g/mol. The third kappa shape index (κ3) is 3.14. The maximum absolute atomic E-state index is 12.4. The first kappa shape index (κ1) is 14.5. The van der Waals surface area contributed by atoms with Crippen molar-refractivity contribution >= 4 is 37.3 Å². The molecule has 0 aliphatic carbocycles. The third-order valence-electron chi connectivity index (χ3n) is 3.11. The highest BCUT2D eigenvalue weighted by atomic mass is 79.9. The zero-order valence-electron chi connectivity index (χ0n) is 10.3. The summed E-state index contributed by atoms with van der Waals surface area (Å²) >= 11 is 4.75. The molecule has 18 heavy (non-hydrogen) atoms. The highest BCUT2D eigenvalue weighted by Gasteiger charge is 2.33. The molecule has 0 amide bonds. The van der Waals surface area contributed by atoms with Gasteiger partial charge in [0.05, 0.1) is 8.68 Å². The number of hydrogen-bond donors (Lipinski definition) is 1. The predicted molar refractivity (Wildman–Crippen MR) is 75.5 cm³/mol. The normalized spacial score (nSPS) is 19.9. The van der Waals surface area contributed by atoms with Gasteiger partial charge in [0.2, 0.25) is 10.0 Å². The molecule has 0 radical (unpaired) electrons. The number of thiophene rings is 1. The van der Waals surface area contributed by atoms with Crippen LogP contribution in [0.15, 0.2) is 14.7 Å². The molecule has 1 saturated heterocycles. The summed E-state index contributed by atoms with van der Waals surface area (Å²) in [6.45, 7) is 4.96. The van der Waals surface area contributed by atoms with Crippen molar-refractivity contribution in [2.24, 2.45) is 0 Å². The van der Waals surface area contributed by atoms with Crippen LogP contribution in [0.4, 0.5) is 0 Å². The van der Waals surface area contributed by atoms with Gasteiger partial charge in [-0.3, -0.25) is 0 Å². The molecule has 4 nitrogen and oxygen atoms in total. The first-order valence-electron chi connectivity index (χ1n) is 5.70. The summed E-state index contributed by atoms with van der Waals surface area (Å²) in [6, 6.07) is 1.66. The Morgan fingerprint density at radius 3 is 2.56 bits per heavy atom. The Balaban J connectivity index is 2.24. The van der Waals surface area contributed by atoms with E-state index in [0.29, 0.717) is 31.0 Å². The lowest BCUT2D eigenvalue weighted by atomic mass is 9.94. The van der Waals surface area contributed by atoms with Crippen LogP contribution in [-0.2, 0) is 14.8 Å². The highest BCUT2D eigenvalue weighted by molar-refractivity contribution is 9.11. The van der Waals surface area contributed by atoms with Gasteiger partial charge in [-0.25, -0.2) is 13.1 Å². The Hall–Kier alpha value is 0.0500. The van der Waals surface area contributed by atoms with Crippen molar-refractivity contribution < 1.29 is 13.2 Å². The van der Waals surface area contributed by atoms with E-state index in [0.717, 1.165) is 8.66 Å². The summed E-state index contributed by atoms with van der Waals surface area (Å²) in [6.07, 6.45) is 1.41. The number of aryl methyl sites for hydroxylation is 1. The molecule has 1 aliphatic rings. The van der Waals surface area contributed by atoms with E-state index in [9.17, 15) is 8.42 Å². The second kappa shape index (κ2) is 5.20. The quantitative estimate of drug-likeness (QED) is 0.908. The average molecular weight is 354 g/mol. The van der Waals surface area contributed by atoms with E-state index >= 15 is 0 Å². The zero-order chi connectivity index (χ0) is 13.4. The van der Waals surface area contributed by atoms with Gasteiger partial charge in [0, 0.05) is 23.6 Å². The molecule has 2 rings (SSSR count). The number of rotatable bonds is 3. The van der Waals surface area contributed by atoms with Crippen molar-refractivity contribution in [3.05, 3.63) is 14.7 Å². The van der Waals surface area contributed by atoms with E-state index < -0.39 is 15.6 Å². The number of ether oxygens (including phenoxy) is 1. The second-order valence-electron chi connectivity index (χ2n) is 4.75. The fourth-order valence-electron chi connectivity index (χ4n) is 2.00. The van der Waals surface area contributed by atoms with Crippen LogP contribution in [0.2, 0.25) is 0 Å². The minimum Gasteiger partial charge on any atom is -0.381 e. The van der Waals surface area contributed by atoms with Crippen molar-refractivity contribution in [1.82, 2.24) is 4.72 Å². The lowest BCUT2D eigenvalue weighted by molar-refractivity contribution is 0.0537. The Morgan fingerprint density at radius 2 is 2.06 bits per heavy atom. The molecule has 1 aromatic heterocycles. The first-order valence-corrected chi connectivity index (χ1v) is 8.79. The van der Waals surface area contributed by atoms with Gasteiger partial charge < -0.3 is 4.74 Å². The van der Waals surface area contributed by atoms with Crippen LogP contribution in [0.5, 0.6) is 0 Å². The molecule has 0 saturated carbocycles. The van der Waals surface area contributed by atoms with Crippen LogP contribution >= 0.6 is 27.3 Å². The molecule has 1 aliphatic heterocycles. The highest BCUT2D eigenvalue weighted by Crippen LogP contribution is 2.31. The maximum Gasteiger partial charge on any atom is 0.242 e. The van der Waals surface area contributed by atoms with E-state index in [1.807, 2.05) is 13.8 Å². The number of halogens is 1. The predicted octanol–water partition coefficient (Wildman–Crippen LogP) is 2.67. The van der Waals surface area contributed by atoms with Gasteiger partial charge in [-0.15, -0.1) is 11.3 Å². The van der Waals surface area contributed by atoms with E-state index in [4.69, 9.17) is 4.74 Å². The Bertz CT molecular complexity index is 532. The molecule has 0 atom stereocenters. The number of sulfonamides is 1. The van der Waals surface area contributed by atoms with Gasteiger partial charge in [0.15, 0.2) is 0 Å². The van der Waals surface area contributed by atoms with Crippen LogP contribution < -0.4 is 4.72 Å². The van der Waals surface area contributed by atoms with E-state index in [-0.39, 0.29) is 0 Å². The van der Waals surface area contributed by atoms with Gasteiger partial charge in [-0.05, 0) is 48.7 Å². The van der Waals surface area contributed by atoms with Crippen LogP contribution in [0.1, 0.15) is 24.6 Å². The van der Waals surface area contributed by atoms with Gasteiger partial charge in [-0.2, -0.15) is 0 Å². The van der Waals surface area contributed by atoms with Crippen LogP contribution in [0.3, 0.4) is 0 Å². The number of hydrogen-bond acceptors (Lipinski definition) is 4. The van der Waals surface area contributed by atoms with Gasteiger partial charge in [-0.1, -0.05) is 0 Å². The summed E-state index contributed by atoms with van der Waals surface area (Å²) in [5, 5.41) is 0. The first-order chi connectivity index (χ1) is 8.32. The second-order valence-corrected chi connectivity index (χ2v) is 9.04. The summed E-state index contributed by atoms with van der Waals surface area (Å²) in [4.78, 5) is 1.16. The SMILES string of the molecule is Cc1sc(Br)cc1S(=O)(=O)NC1(C)CCOCC1. The summed E-state index contributed by atoms with van der Waals surface area (Å²) < 4.78 is 33.7. The number of nitrogens with one attached hydrogen (secondary N) is 1. The molecule has 0 bridgehead atoms. The average Bonchev–Trinajstić information content (AvgIpc) is 2.58. The van der Waals surface area contributed by atoms with Crippen LogP contribution in [-0.4, -0.2) is 27.2 Å². The third-order valence-corrected chi connectivity index (χ3v) is 6.56. The Morgan fingerprint density at radius 1 is 1.44 bits per heavy atom. The Labute approximate surface area is 120 Å². The fraction of sp³-hybridized carbons (Fsp3) is 0.636. The molecule has 1 aromatic rings. The maximum atomic E-state index is 12.4. The molecule has 102 valence electrons. The van der Waals surface area contributed by atoms with Crippen LogP contribution in [0, 0.1) is 6.92 Å². The molecule has 0 unspecified atom stereocenters. The summed E-state index contributed by atoms with van der Waals surface area (Å²) in [5.41, 5.74) is -0.405. The molecular weight excluding hydrogens is 338 g/mol. The minimum atomic E-state index is -3.45. The summed E-state index contributed by atoms with van der Waals surface area (Å²) in [7, 11) is -3.45. The van der Waals surface area contributed by atoms with Crippen molar-refractivity contribution in [2.75, 3.05) is 13.2 Å². The molecule has 1 fully saturated rings. The molecule has 0 aromatic carbocycles. The molecule has 7 heteroatoms. The zero-order valence-corrected chi connectivity index (χ0v) is 13.5. The van der Waals surface area contributed by atoms with Crippen molar-refractivity contribution in [3.8, 4) is 0 Å². The van der Waals surface area contributed by atoms with Crippen LogP contribution in [0.25, 0.3) is 0 Å². The molecule has 0 spiro atoms. The Kier molecular flexibility index (Phi) is 4.18. The van der Waals surface area contributed by atoms with E-state index in [1.165, 1.54) is 11.3 Å². The lowest BCUT2D eigenvalue weighted by Gasteiger charge is -2.33. The van der Waals surface area contributed by atoms with E-state index in [2.05, 4.69) is 20.7 Å². The van der Waals surface area contributed by atoms with E-state index in [1.54, 1.807) is 6.07 Å². The van der Waals surface area contributed by atoms with Crippen molar-refractivity contribution in [2.45, 2.75) is 37.1 Å².